The van der Waals surface area contributed by atoms with Crippen molar-refractivity contribution in [2.75, 3.05) is 7.11 Å². The fourth-order valence-electron chi connectivity index (χ4n) is 3.99. The number of methoxy groups -OCH3 is 1. The Labute approximate surface area is 209 Å². The summed E-state index contributed by atoms with van der Waals surface area (Å²) in [5.41, 5.74) is 7.72. The number of halogens is 2. The maximum Gasteiger partial charge on any atom is 0.268 e. The number of hydrogen-bond donors (Lipinski definition) is 3. The lowest BCUT2D eigenvalue weighted by Gasteiger charge is -2.15. The summed E-state index contributed by atoms with van der Waals surface area (Å²) in [5.74, 6) is 4.62. The molecule has 1 saturated carbocycles. The predicted molar refractivity (Wildman–Crippen MR) is 127 cm³/mol. The van der Waals surface area contributed by atoms with Gasteiger partial charge in [0.25, 0.3) is 5.91 Å². The van der Waals surface area contributed by atoms with Crippen LogP contribution >= 0.6 is 0 Å². The first-order valence-corrected chi connectivity index (χ1v) is 11.4. The summed E-state index contributed by atoms with van der Waals surface area (Å²) < 4.78 is 37.3. The second kappa shape index (κ2) is 9.81. The standard InChI is InChI=1S/C23H24F2N10O2/c1-37-20-5-4-19(35-12-29-31-32-35)16(21(20)25)7-28-23(36)18(26)11-34(27)10-15-9-33-8-14(13-2-3-13)6-17(24)22(33)30-15/h4-6,8-9,11-13H,2-3,7,10,26-27H2,1H3,(H,28,36)/b18-11-. The van der Waals surface area contributed by atoms with Crippen LogP contribution in [0.3, 0.4) is 0 Å². The van der Waals surface area contributed by atoms with E-state index in [0.29, 0.717) is 17.3 Å². The van der Waals surface area contributed by atoms with Gasteiger partial charge in [-0.1, -0.05) is 0 Å². The summed E-state index contributed by atoms with van der Waals surface area (Å²) in [7, 11) is 1.33. The topological polar surface area (TPSA) is 155 Å². The summed E-state index contributed by atoms with van der Waals surface area (Å²) in [6.45, 7) is -0.160. The molecule has 5 N–H and O–H groups in total. The molecule has 0 saturated heterocycles. The van der Waals surface area contributed by atoms with E-state index in [1.807, 2.05) is 6.20 Å². The summed E-state index contributed by atoms with van der Waals surface area (Å²) in [4.78, 5) is 16.9. The Bertz CT molecular complexity index is 1480. The fourth-order valence-corrected chi connectivity index (χ4v) is 3.99. The first-order valence-electron chi connectivity index (χ1n) is 11.4. The van der Waals surface area contributed by atoms with Crippen LogP contribution in [0.5, 0.6) is 5.75 Å². The van der Waals surface area contributed by atoms with Gasteiger partial charge in [0.05, 0.1) is 25.0 Å². The SMILES string of the molecule is COc1ccc(-n2cnnn2)c(CNC(=O)/C(N)=C/N(N)Cc2cn3cc(C4CC4)cc(F)c3n2)c1F. The first kappa shape index (κ1) is 24.1. The predicted octanol–water partition coefficient (Wildman–Crippen LogP) is 1.27. The Kier molecular flexibility index (Phi) is 6.40. The molecule has 1 amide bonds. The summed E-state index contributed by atoms with van der Waals surface area (Å²) in [5, 5.41) is 14.6. The van der Waals surface area contributed by atoms with Gasteiger partial charge in [-0.05, 0) is 52.9 Å². The number of pyridine rings is 1. The Morgan fingerprint density at radius 3 is 2.84 bits per heavy atom. The van der Waals surface area contributed by atoms with Crippen molar-refractivity contribution in [2.45, 2.75) is 31.8 Å². The molecule has 3 aromatic heterocycles. The molecule has 0 radical (unpaired) electrons. The molecule has 1 aliphatic rings. The number of imidazole rings is 1. The van der Waals surface area contributed by atoms with Gasteiger partial charge in [0, 0.05) is 30.7 Å². The molecule has 0 aliphatic heterocycles. The number of benzene rings is 1. The number of ether oxygens (including phenoxy) is 1. The molecule has 4 aromatic rings. The monoisotopic (exact) mass is 510 g/mol. The lowest BCUT2D eigenvalue weighted by molar-refractivity contribution is -0.117. The van der Waals surface area contributed by atoms with Gasteiger partial charge < -0.3 is 25.2 Å². The molecule has 0 bridgehead atoms. The smallest absolute Gasteiger partial charge is 0.268 e. The summed E-state index contributed by atoms with van der Waals surface area (Å²) in [6, 6.07) is 4.50. The van der Waals surface area contributed by atoms with Crippen LogP contribution in [0.2, 0.25) is 0 Å². The molecule has 37 heavy (non-hydrogen) atoms. The molecule has 14 heteroatoms. The molecule has 12 nitrogen and oxygen atoms in total. The Balaban J connectivity index is 1.27. The molecule has 0 spiro atoms. The second-order valence-electron chi connectivity index (χ2n) is 8.63. The van der Waals surface area contributed by atoms with Gasteiger partial charge >= 0.3 is 0 Å². The zero-order valence-electron chi connectivity index (χ0n) is 19.8. The highest BCUT2D eigenvalue weighted by atomic mass is 19.1. The molecule has 0 unspecified atom stereocenters. The molecule has 1 fully saturated rings. The van der Waals surface area contributed by atoms with E-state index in [1.165, 1.54) is 36.5 Å². The number of amides is 1. The molecule has 1 aromatic carbocycles. The van der Waals surface area contributed by atoms with E-state index in [9.17, 15) is 13.6 Å². The van der Waals surface area contributed by atoms with Gasteiger partial charge in [0.1, 0.15) is 12.0 Å². The number of tetrazole rings is 1. The lowest BCUT2D eigenvalue weighted by Crippen LogP contribution is -2.33. The highest BCUT2D eigenvalue weighted by molar-refractivity contribution is 5.92. The van der Waals surface area contributed by atoms with E-state index in [-0.39, 0.29) is 35.7 Å². The minimum Gasteiger partial charge on any atom is -0.494 e. The van der Waals surface area contributed by atoms with Crippen LogP contribution in [-0.4, -0.2) is 47.6 Å². The first-order chi connectivity index (χ1) is 17.8. The second-order valence-corrected chi connectivity index (χ2v) is 8.63. The number of aromatic nitrogens is 6. The van der Waals surface area contributed by atoms with Crippen molar-refractivity contribution >= 4 is 11.6 Å². The van der Waals surface area contributed by atoms with Crippen LogP contribution in [0, 0.1) is 11.6 Å². The van der Waals surface area contributed by atoms with Gasteiger partial charge in [0.15, 0.2) is 23.0 Å². The van der Waals surface area contributed by atoms with Crippen molar-refractivity contribution in [1.82, 2.24) is 39.9 Å². The van der Waals surface area contributed by atoms with E-state index < -0.39 is 17.5 Å². The molecular weight excluding hydrogens is 486 g/mol. The van der Waals surface area contributed by atoms with Crippen molar-refractivity contribution in [1.29, 1.82) is 0 Å². The Hall–Kier alpha value is -4.59. The van der Waals surface area contributed by atoms with Crippen LogP contribution in [0.25, 0.3) is 11.3 Å². The summed E-state index contributed by atoms with van der Waals surface area (Å²) >= 11 is 0. The summed E-state index contributed by atoms with van der Waals surface area (Å²) in [6.07, 6.45) is 8.17. The number of carbonyl (C=O) groups is 1. The van der Waals surface area contributed by atoms with Crippen LogP contribution in [0.15, 0.2) is 48.8 Å². The van der Waals surface area contributed by atoms with Crippen LogP contribution < -0.4 is 21.6 Å². The van der Waals surface area contributed by atoms with Crippen LogP contribution in [0.4, 0.5) is 8.78 Å². The molecule has 1 aliphatic carbocycles. The highest BCUT2D eigenvalue weighted by Crippen LogP contribution is 2.40. The van der Waals surface area contributed by atoms with E-state index in [2.05, 4.69) is 25.8 Å². The van der Waals surface area contributed by atoms with Crippen LogP contribution in [0.1, 0.15) is 35.6 Å². The van der Waals surface area contributed by atoms with Gasteiger partial charge in [0.2, 0.25) is 0 Å². The molecule has 192 valence electrons. The number of fused-ring (bicyclic) bond motifs is 1. The number of nitrogens with zero attached hydrogens (tertiary/aromatic N) is 7. The maximum absolute atomic E-state index is 15.0. The third kappa shape index (κ3) is 5.04. The minimum atomic E-state index is -0.685. The molecule has 5 rings (SSSR count). The molecular formula is C23H24F2N10O2. The zero-order valence-corrected chi connectivity index (χ0v) is 19.8. The minimum absolute atomic E-state index is 0.00846. The number of carbonyl (C=O) groups excluding carboxylic acids is 1. The van der Waals surface area contributed by atoms with Crippen molar-refractivity contribution in [3.05, 3.63) is 77.3 Å². The Morgan fingerprint density at radius 2 is 2.14 bits per heavy atom. The number of hydrazine groups is 1. The van der Waals surface area contributed by atoms with Crippen molar-refractivity contribution in [2.24, 2.45) is 11.6 Å². The van der Waals surface area contributed by atoms with Gasteiger partial charge in [-0.2, -0.15) is 0 Å². The van der Waals surface area contributed by atoms with Crippen molar-refractivity contribution < 1.29 is 18.3 Å². The van der Waals surface area contributed by atoms with Crippen molar-refractivity contribution in [3.63, 3.8) is 0 Å². The third-order valence-electron chi connectivity index (χ3n) is 5.96. The van der Waals surface area contributed by atoms with Gasteiger partial charge in [-0.3, -0.25) is 4.79 Å². The number of hydrogen-bond acceptors (Lipinski definition) is 9. The highest BCUT2D eigenvalue weighted by Gasteiger charge is 2.25. The third-order valence-corrected chi connectivity index (χ3v) is 5.96. The van der Waals surface area contributed by atoms with Gasteiger partial charge in [-0.25, -0.2) is 24.3 Å². The fraction of sp³-hybridized carbons (Fsp3) is 0.261. The number of nitrogens with two attached hydrogens (primary N) is 2. The normalized spacial score (nSPS) is 13.7. The van der Waals surface area contributed by atoms with E-state index >= 15 is 0 Å². The Morgan fingerprint density at radius 1 is 1.32 bits per heavy atom. The average molecular weight is 511 g/mol. The molecule has 0 atom stereocenters. The van der Waals surface area contributed by atoms with Gasteiger partial charge in [-0.15, -0.1) is 5.10 Å². The van der Waals surface area contributed by atoms with E-state index in [0.717, 1.165) is 23.4 Å². The van der Waals surface area contributed by atoms with E-state index in [4.69, 9.17) is 16.3 Å². The largest absolute Gasteiger partial charge is 0.494 e. The average Bonchev–Trinajstić information content (AvgIpc) is 3.42. The lowest BCUT2D eigenvalue weighted by atomic mass is 10.1. The van der Waals surface area contributed by atoms with Crippen LogP contribution in [-0.2, 0) is 17.9 Å². The maximum atomic E-state index is 15.0. The quantitative estimate of drug-likeness (QED) is 0.171. The molecule has 3 heterocycles. The number of nitrogens with one attached hydrogen (secondary N) is 1. The van der Waals surface area contributed by atoms with E-state index in [1.54, 1.807) is 16.7 Å². The number of rotatable bonds is 9. The van der Waals surface area contributed by atoms with Crippen molar-refractivity contribution in [3.8, 4) is 11.4 Å². The zero-order chi connectivity index (χ0) is 26.1.